The van der Waals surface area contributed by atoms with Crippen molar-refractivity contribution in [2.24, 2.45) is 5.73 Å². The second kappa shape index (κ2) is 7.32. The predicted molar refractivity (Wildman–Crippen MR) is 89.4 cm³/mol. The minimum absolute atomic E-state index is 0.0132. The molecule has 0 radical (unpaired) electrons. The van der Waals surface area contributed by atoms with Crippen molar-refractivity contribution in [3.05, 3.63) is 30.3 Å². The van der Waals surface area contributed by atoms with Gasteiger partial charge in [0.1, 0.15) is 0 Å². The number of rotatable bonds is 5. The highest BCUT2D eigenvalue weighted by Gasteiger charge is 2.33. The molecule has 21 heavy (non-hydrogen) atoms. The van der Waals surface area contributed by atoms with Crippen LogP contribution in [-0.2, 0) is 4.79 Å². The van der Waals surface area contributed by atoms with E-state index >= 15 is 0 Å². The van der Waals surface area contributed by atoms with Crippen molar-refractivity contribution >= 4 is 17.7 Å². The number of benzene rings is 1. The summed E-state index contributed by atoms with van der Waals surface area (Å²) in [4.78, 5) is 15.9. The smallest absolute Gasteiger partial charge is 0.236 e. The van der Waals surface area contributed by atoms with Gasteiger partial charge in [0.2, 0.25) is 5.91 Å². The highest BCUT2D eigenvalue weighted by atomic mass is 32.2. The molecule has 0 unspecified atom stereocenters. The Morgan fingerprint density at radius 3 is 2.43 bits per heavy atom. The standard InChI is InChI=1S/C17H26N2OS/c1-3-15(21-14-8-6-5-7-9-14)16(20)19-12-10-17(18,4-2)11-13-19/h5-9,15H,3-4,10-13,18H2,1-2H3/t15-/m0/s1. The largest absolute Gasteiger partial charge is 0.342 e. The molecule has 1 atom stereocenters. The summed E-state index contributed by atoms with van der Waals surface area (Å²) in [6, 6.07) is 10.2. The summed E-state index contributed by atoms with van der Waals surface area (Å²) in [6.07, 6.45) is 3.69. The van der Waals surface area contributed by atoms with Crippen LogP contribution in [0.25, 0.3) is 0 Å². The molecule has 1 saturated heterocycles. The van der Waals surface area contributed by atoms with E-state index in [-0.39, 0.29) is 16.7 Å². The van der Waals surface area contributed by atoms with E-state index in [0.29, 0.717) is 0 Å². The Morgan fingerprint density at radius 1 is 1.29 bits per heavy atom. The van der Waals surface area contributed by atoms with Gasteiger partial charge in [0.25, 0.3) is 0 Å². The molecule has 2 N–H and O–H groups in total. The first-order valence-corrected chi connectivity index (χ1v) is 8.75. The third-order valence-corrected chi connectivity index (χ3v) is 5.81. The fourth-order valence-electron chi connectivity index (χ4n) is 2.70. The van der Waals surface area contributed by atoms with Crippen molar-refractivity contribution in [2.45, 2.75) is 55.2 Å². The van der Waals surface area contributed by atoms with Gasteiger partial charge in [-0.15, -0.1) is 11.8 Å². The average Bonchev–Trinajstić information content (AvgIpc) is 2.54. The third-order valence-electron chi connectivity index (χ3n) is 4.44. The van der Waals surface area contributed by atoms with E-state index in [2.05, 4.69) is 26.0 Å². The topological polar surface area (TPSA) is 46.3 Å². The number of carbonyl (C=O) groups excluding carboxylic acids is 1. The first-order valence-electron chi connectivity index (χ1n) is 7.87. The van der Waals surface area contributed by atoms with Gasteiger partial charge in [0.05, 0.1) is 5.25 Å². The first kappa shape index (κ1) is 16.4. The Hall–Kier alpha value is -1.00. The molecule has 1 aliphatic rings. The molecule has 0 spiro atoms. The minimum Gasteiger partial charge on any atom is -0.342 e. The van der Waals surface area contributed by atoms with Crippen molar-refractivity contribution in [1.82, 2.24) is 4.90 Å². The molecule has 116 valence electrons. The fourth-order valence-corrected chi connectivity index (χ4v) is 3.76. The van der Waals surface area contributed by atoms with Crippen molar-refractivity contribution in [3.8, 4) is 0 Å². The van der Waals surface area contributed by atoms with Crippen molar-refractivity contribution in [2.75, 3.05) is 13.1 Å². The van der Waals surface area contributed by atoms with Crippen LogP contribution in [0.15, 0.2) is 35.2 Å². The van der Waals surface area contributed by atoms with E-state index in [0.717, 1.165) is 43.7 Å². The second-order valence-corrected chi connectivity index (χ2v) is 7.15. The fraction of sp³-hybridized carbons (Fsp3) is 0.588. The number of hydrogen-bond acceptors (Lipinski definition) is 3. The van der Waals surface area contributed by atoms with Gasteiger partial charge in [-0.2, -0.15) is 0 Å². The van der Waals surface area contributed by atoms with Crippen LogP contribution < -0.4 is 5.73 Å². The summed E-state index contributed by atoms with van der Waals surface area (Å²) < 4.78 is 0. The van der Waals surface area contributed by atoms with Gasteiger partial charge in [0.15, 0.2) is 0 Å². The molecular formula is C17H26N2OS. The van der Waals surface area contributed by atoms with Crippen LogP contribution in [0.2, 0.25) is 0 Å². The zero-order valence-corrected chi connectivity index (χ0v) is 13.9. The SMILES string of the molecule is CC[C@H](Sc1ccccc1)C(=O)N1CCC(N)(CC)CC1. The van der Waals surface area contributed by atoms with Crippen LogP contribution in [0, 0.1) is 0 Å². The number of likely N-dealkylation sites (tertiary alicyclic amines) is 1. The maximum Gasteiger partial charge on any atom is 0.236 e. The van der Waals surface area contributed by atoms with E-state index in [1.54, 1.807) is 11.8 Å². The monoisotopic (exact) mass is 306 g/mol. The van der Waals surface area contributed by atoms with Crippen molar-refractivity contribution < 1.29 is 4.79 Å². The molecular weight excluding hydrogens is 280 g/mol. The molecule has 0 aromatic heterocycles. The van der Waals surface area contributed by atoms with Crippen molar-refractivity contribution in [1.29, 1.82) is 0 Å². The summed E-state index contributed by atoms with van der Waals surface area (Å²) >= 11 is 1.67. The molecule has 1 aliphatic heterocycles. The van der Waals surface area contributed by atoms with Crippen LogP contribution >= 0.6 is 11.8 Å². The molecule has 4 heteroatoms. The summed E-state index contributed by atoms with van der Waals surface area (Å²) in [6.45, 7) is 5.82. The highest BCUT2D eigenvalue weighted by molar-refractivity contribution is 8.00. The van der Waals surface area contributed by atoms with Crippen LogP contribution in [0.5, 0.6) is 0 Å². The normalized spacial score (nSPS) is 19.3. The first-order chi connectivity index (χ1) is 10.1. The molecule has 1 fully saturated rings. The highest BCUT2D eigenvalue weighted by Crippen LogP contribution is 2.29. The molecule has 0 aliphatic carbocycles. The van der Waals surface area contributed by atoms with Gasteiger partial charge in [-0.05, 0) is 37.8 Å². The van der Waals surface area contributed by atoms with Crippen molar-refractivity contribution in [3.63, 3.8) is 0 Å². The molecule has 0 saturated carbocycles. The molecule has 1 aromatic carbocycles. The van der Waals surface area contributed by atoms with E-state index in [9.17, 15) is 4.79 Å². The summed E-state index contributed by atoms with van der Waals surface area (Å²) in [5.41, 5.74) is 6.25. The number of piperidine rings is 1. The zero-order valence-electron chi connectivity index (χ0n) is 13.0. The lowest BCUT2D eigenvalue weighted by molar-refractivity contribution is -0.132. The number of nitrogens with two attached hydrogens (primary N) is 1. The van der Waals surface area contributed by atoms with Gasteiger partial charge in [-0.3, -0.25) is 4.79 Å². The van der Waals surface area contributed by atoms with Crippen LogP contribution in [0.4, 0.5) is 0 Å². The number of nitrogens with zero attached hydrogens (tertiary/aromatic N) is 1. The van der Waals surface area contributed by atoms with E-state index in [4.69, 9.17) is 5.73 Å². The lowest BCUT2D eigenvalue weighted by atomic mass is 9.86. The predicted octanol–water partition coefficient (Wildman–Crippen LogP) is 3.29. The summed E-state index contributed by atoms with van der Waals surface area (Å²) in [5, 5.41) is 0.0132. The maximum atomic E-state index is 12.7. The second-order valence-electron chi connectivity index (χ2n) is 5.87. The lowest BCUT2D eigenvalue weighted by Gasteiger charge is -2.39. The Kier molecular flexibility index (Phi) is 5.71. The molecule has 2 rings (SSSR count). The van der Waals surface area contributed by atoms with Gasteiger partial charge in [-0.1, -0.05) is 32.0 Å². The number of thioether (sulfide) groups is 1. The summed E-state index contributed by atoms with van der Waals surface area (Å²) in [5.74, 6) is 0.268. The van der Waals surface area contributed by atoms with Crippen LogP contribution in [-0.4, -0.2) is 34.7 Å². The molecule has 1 amide bonds. The average molecular weight is 306 g/mol. The Bertz CT molecular complexity index is 455. The third kappa shape index (κ3) is 4.24. The van der Waals surface area contributed by atoms with Gasteiger partial charge in [0, 0.05) is 23.5 Å². The van der Waals surface area contributed by atoms with Crippen LogP contribution in [0.3, 0.4) is 0 Å². The van der Waals surface area contributed by atoms with Gasteiger partial charge in [-0.25, -0.2) is 0 Å². The molecule has 0 bridgehead atoms. The maximum absolute atomic E-state index is 12.7. The van der Waals surface area contributed by atoms with Crippen LogP contribution in [0.1, 0.15) is 39.5 Å². The minimum atomic E-state index is -0.0644. The van der Waals surface area contributed by atoms with Gasteiger partial charge >= 0.3 is 0 Å². The molecule has 1 aromatic rings. The number of amides is 1. The number of carbonyl (C=O) groups is 1. The Labute approximate surface area is 132 Å². The zero-order chi connectivity index (χ0) is 15.3. The number of hydrogen-bond donors (Lipinski definition) is 1. The quantitative estimate of drug-likeness (QED) is 0.849. The summed E-state index contributed by atoms with van der Waals surface area (Å²) in [7, 11) is 0. The van der Waals surface area contributed by atoms with Gasteiger partial charge < -0.3 is 10.6 Å². The van der Waals surface area contributed by atoms with E-state index in [1.165, 1.54) is 0 Å². The molecule has 3 nitrogen and oxygen atoms in total. The Morgan fingerprint density at radius 2 is 1.90 bits per heavy atom. The van der Waals surface area contributed by atoms with E-state index < -0.39 is 0 Å². The Balaban J connectivity index is 1.95. The lowest BCUT2D eigenvalue weighted by Crippen LogP contribution is -2.52. The van der Waals surface area contributed by atoms with E-state index in [1.807, 2.05) is 23.1 Å². The molecule has 1 heterocycles.